The molecule has 156 valence electrons. The third-order valence-electron chi connectivity index (χ3n) is 2.34. The van der Waals surface area contributed by atoms with Gasteiger partial charge in [0.15, 0.2) is 0 Å². The van der Waals surface area contributed by atoms with Crippen molar-refractivity contribution in [2.75, 3.05) is 25.5 Å². The van der Waals surface area contributed by atoms with Crippen molar-refractivity contribution >= 4 is 16.0 Å². The Labute approximate surface area is 169 Å². The van der Waals surface area contributed by atoms with Crippen molar-refractivity contribution in [1.29, 1.82) is 0 Å². The van der Waals surface area contributed by atoms with Crippen LogP contribution in [0.4, 0.5) is 0 Å². The van der Waals surface area contributed by atoms with E-state index in [2.05, 4.69) is 19.2 Å². The second-order valence-electron chi connectivity index (χ2n) is 4.26. The Morgan fingerprint density at radius 3 is 2.19 bits per heavy atom. The fourth-order valence-corrected chi connectivity index (χ4v) is 1.71. The third-order valence-corrected chi connectivity index (χ3v) is 3.14. The van der Waals surface area contributed by atoms with E-state index < -0.39 is 10.1 Å². The zero-order valence-corrected chi connectivity index (χ0v) is 17.1. The number of carbonyl (C=O) groups is 1. The molecule has 1 aliphatic carbocycles. The van der Waals surface area contributed by atoms with Crippen LogP contribution in [0.5, 0.6) is 0 Å². The second-order valence-corrected chi connectivity index (χ2v) is 5.83. The molecule has 2 N–H and O–H groups in total. The standard InChI is InChI=1S/C13H16NO2.C3H7O3S.2CH3.Ni/c1-2-16-11-10-14-13(15)12-8-6-4-3-5-7-9-12;1-2-3-7(4,5)6;;;/h3-9H,1-2,10-11H2,(H,14,15);1-3H2,(H,4,5,6);2*1H3;/q4*-1;/b4-3-,5-3?,6-4?,7-5-,8-6-,9-7?,12-8?,12-9+;;;;. The summed E-state index contributed by atoms with van der Waals surface area (Å²) in [4.78, 5) is 11.7. The predicted octanol–water partition coefficient (Wildman–Crippen LogP) is 2.56. The first-order valence-electron chi connectivity index (χ1n) is 7.02. The molecule has 6 nitrogen and oxygen atoms in total. The average molecular weight is 430 g/mol. The number of hydrogen-bond acceptors (Lipinski definition) is 4. The molecule has 0 saturated heterocycles. The molecule has 0 aromatic heterocycles. The maximum Gasteiger partial charge on any atom is 0.262 e. The van der Waals surface area contributed by atoms with Crippen molar-refractivity contribution < 1.29 is 39.0 Å². The van der Waals surface area contributed by atoms with E-state index in [1.165, 1.54) is 0 Å². The average Bonchev–Trinajstić information content (AvgIpc) is 2.42. The molecule has 0 aromatic carbocycles. The molecule has 0 unspecified atom stereocenters. The molecule has 0 spiro atoms. The minimum atomic E-state index is -3.74. The van der Waals surface area contributed by atoms with Crippen LogP contribution in [0.3, 0.4) is 0 Å². The first-order chi connectivity index (χ1) is 10.9. The van der Waals surface area contributed by atoms with Gasteiger partial charge >= 0.3 is 0 Å². The van der Waals surface area contributed by atoms with E-state index in [-0.39, 0.29) is 49.4 Å². The molecule has 0 saturated carbocycles. The van der Waals surface area contributed by atoms with Crippen molar-refractivity contribution in [2.45, 2.75) is 6.42 Å². The molecule has 0 radical (unpaired) electrons. The van der Waals surface area contributed by atoms with Gasteiger partial charge in [-0.15, -0.1) is 0 Å². The summed E-state index contributed by atoms with van der Waals surface area (Å²) in [5.74, 6) is -0.337. The Kier molecular flexibility index (Phi) is 25.1. The normalized spacial score (nSPS) is 17.6. The van der Waals surface area contributed by atoms with E-state index in [1.807, 2.05) is 30.4 Å². The minimum absolute atomic E-state index is 0. The molecule has 0 atom stereocenters. The van der Waals surface area contributed by atoms with Gasteiger partial charge in [-0.1, -0.05) is 37.0 Å². The van der Waals surface area contributed by atoms with Crippen molar-refractivity contribution in [2.24, 2.45) is 0 Å². The summed E-state index contributed by atoms with van der Waals surface area (Å²) in [5.41, 5.74) is 0.634. The van der Waals surface area contributed by atoms with Gasteiger partial charge in [-0.2, -0.15) is 14.8 Å². The molecule has 0 fully saturated rings. The van der Waals surface area contributed by atoms with Crippen LogP contribution in [0.15, 0.2) is 48.1 Å². The molecule has 1 aliphatic rings. The number of rotatable bonds is 7. The second kappa shape index (κ2) is 20.1. The summed E-state index contributed by atoms with van der Waals surface area (Å²) in [6, 6.07) is 0. The SMILES string of the molecule is [CH2-]CCS(=O)(=O)O.[CH2-]COCCNC(=O)C1=C/C=C\C=C/C=C\1.[CH3-].[CH3-].[Ni]. The molecule has 0 heterocycles. The quantitative estimate of drug-likeness (QED) is 0.280. The van der Waals surface area contributed by atoms with E-state index in [0.717, 1.165) is 0 Å². The molecule has 26 heavy (non-hydrogen) atoms. The van der Waals surface area contributed by atoms with Gasteiger partial charge in [0.1, 0.15) is 0 Å². The fourth-order valence-electron chi connectivity index (χ4n) is 1.34. The van der Waals surface area contributed by atoms with Crippen LogP contribution in [0.1, 0.15) is 6.42 Å². The number of amides is 1. The van der Waals surface area contributed by atoms with Crippen molar-refractivity contribution in [3.8, 4) is 0 Å². The van der Waals surface area contributed by atoms with Crippen LogP contribution in [-0.2, 0) is 36.1 Å². The maximum atomic E-state index is 11.7. The Balaban J connectivity index is -0.000000211. The number of ether oxygens (including phenoxy) is 1. The molecule has 0 aromatic rings. The zero-order valence-electron chi connectivity index (χ0n) is 15.3. The molecular formula is C18H29NNiO5S-4. The van der Waals surface area contributed by atoms with E-state index >= 15 is 0 Å². The van der Waals surface area contributed by atoms with Gasteiger partial charge in [0, 0.05) is 34.4 Å². The van der Waals surface area contributed by atoms with Crippen LogP contribution >= 0.6 is 0 Å². The van der Waals surface area contributed by atoms with Crippen LogP contribution in [0.2, 0.25) is 0 Å². The van der Waals surface area contributed by atoms with Gasteiger partial charge < -0.3 is 38.8 Å². The summed E-state index contributed by atoms with van der Waals surface area (Å²) in [5, 5.41) is 2.77. The van der Waals surface area contributed by atoms with Crippen LogP contribution < -0.4 is 5.32 Å². The van der Waals surface area contributed by atoms with Crippen LogP contribution in [0, 0.1) is 28.7 Å². The van der Waals surface area contributed by atoms with Gasteiger partial charge in [0.25, 0.3) is 16.0 Å². The minimum Gasteiger partial charge on any atom is -0.412 e. The maximum absolute atomic E-state index is 11.7. The Hall–Kier alpha value is -1.21. The van der Waals surface area contributed by atoms with Crippen LogP contribution in [0.25, 0.3) is 0 Å². The van der Waals surface area contributed by atoms with Gasteiger partial charge in [0.2, 0.25) is 0 Å². The molecule has 8 heteroatoms. The Morgan fingerprint density at radius 1 is 1.12 bits per heavy atom. The predicted molar refractivity (Wildman–Crippen MR) is 104 cm³/mol. The van der Waals surface area contributed by atoms with Crippen molar-refractivity contribution in [3.05, 3.63) is 76.8 Å². The van der Waals surface area contributed by atoms with Crippen LogP contribution in [-0.4, -0.2) is 44.4 Å². The summed E-state index contributed by atoms with van der Waals surface area (Å²) >= 11 is 0. The van der Waals surface area contributed by atoms with Crippen molar-refractivity contribution in [1.82, 2.24) is 5.32 Å². The molecule has 0 bridgehead atoms. The van der Waals surface area contributed by atoms with E-state index in [1.54, 1.807) is 12.2 Å². The van der Waals surface area contributed by atoms with Gasteiger partial charge in [-0.3, -0.25) is 9.35 Å². The number of carbonyl (C=O) groups excluding carboxylic acids is 1. The summed E-state index contributed by atoms with van der Waals surface area (Å²) in [6.45, 7) is 8.18. The third kappa shape index (κ3) is 20.8. The smallest absolute Gasteiger partial charge is 0.262 e. The van der Waals surface area contributed by atoms with Gasteiger partial charge in [-0.05, 0) is 12.2 Å². The summed E-state index contributed by atoms with van der Waals surface area (Å²) < 4.78 is 32.5. The van der Waals surface area contributed by atoms with Gasteiger partial charge in [-0.25, -0.2) is 0 Å². The molecule has 1 rings (SSSR count). The Bertz CT molecular complexity index is 566. The Morgan fingerprint density at radius 2 is 1.69 bits per heavy atom. The van der Waals surface area contributed by atoms with Crippen molar-refractivity contribution in [3.63, 3.8) is 0 Å². The zero-order chi connectivity index (χ0) is 17.6. The summed E-state index contributed by atoms with van der Waals surface area (Å²) in [7, 11) is -3.74. The first kappa shape index (κ1) is 32.5. The fraction of sp³-hybridized carbons (Fsp3) is 0.278. The molecule has 1 amide bonds. The first-order valence-corrected chi connectivity index (χ1v) is 8.63. The number of nitrogens with one attached hydrogen (secondary N) is 1. The van der Waals surface area contributed by atoms with E-state index in [9.17, 15) is 13.2 Å². The summed E-state index contributed by atoms with van der Waals surface area (Å²) in [6.07, 6.45) is 13.1. The number of hydrogen-bond donors (Lipinski definition) is 2. The number of allylic oxidation sites excluding steroid dienone is 6. The topological polar surface area (TPSA) is 92.7 Å². The molecular weight excluding hydrogens is 401 g/mol. The van der Waals surface area contributed by atoms with Gasteiger partial charge in [0.05, 0.1) is 6.61 Å². The molecule has 0 aliphatic heterocycles. The largest absolute Gasteiger partial charge is 0.412 e. The van der Waals surface area contributed by atoms with E-state index in [0.29, 0.717) is 25.3 Å². The monoisotopic (exact) mass is 429 g/mol. The van der Waals surface area contributed by atoms with E-state index in [4.69, 9.17) is 9.29 Å².